The zero-order valence-corrected chi connectivity index (χ0v) is 10.8. The van der Waals surface area contributed by atoms with Crippen molar-refractivity contribution in [2.75, 3.05) is 12.3 Å². The Bertz CT molecular complexity index is 421. The number of hydrogen-bond donors (Lipinski definition) is 2. The Morgan fingerprint density at radius 1 is 1.44 bits per heavy atom. The maximum absolute atomic E-state index is 11.3. The van der Waals surface area contributed by atoms with Crippen LogP contribution < -0.4 is 11.1 Å². The summed E-state index contributed by atoms with van der Waals surface area (Å²) < 4.78 is 5.08. The number of nitrogens with zero attached hydrogens (tertiary/aromatic N) is 2. The molecule has 1 amide bonds. The van der Waals surface area contributed by atoms with Crippen molar-refractivity contribution < 1.29 is 9.53 Å². The van der Waals surface area contributed by atoms with Gasteiger partial charge in [-0.15, -0.1) is 0 Å². The van der Waals surface area contributed by atoms with Gasteiger partial charge in [-0.1, -0.05) is 12.2 Å². The van der Waals surface area contributed by atoms with Crippen LogP contribution in [0.15, 0.2) is 18.5 Å². The third-order valence-corrected chi connectivity index (χ3v) is 1.77. The molecule has 0 radical (unpaired) electrons. The number of nitrogens with two attached hydrogens (primary N) is 1. The van der Waals surface area contributed by atoms with Gasteiger partial charge in [0.1, 0.15) is 5.60 Å². The molecule has 18 heavy (non-hydrogen) atoms. The Balaban J connectivity index is 2.33. The Morgan fingerprint density at radius 2 is 2.06 bits per heavy atom. The molecule has 1 aromatic heterocycles. The first-order chi connectivity index (χ1) is 8.37. The monoisotopic (exact) mass is 250 g/mol. The normalized spacial score (nSPS) is 11.5. The minimum atomic E-state index is -0.488. The van der Waals surface area contributed by atoms with Gasteiger partial charge in [0.2, 0.25) is 5.95 Å². The highest BCUT2D eigenvalue weighted by molar-refractivity contribution is 5.68. The van der Waals surface area contributed by atoms with Crippen LogP contribution in [0.2, 0.25) is 0 Å². The van der Waals surface area contributed by atoms with Crippen molar-refractivity contribution in [3.05, 3.63) is 24.0 Å². The van der Waals surface area contributed by atoms with Crippen LogP contribution in [0.1, 0.15) is 26.3 Å². The van der Waals surface area contributed by atoms with Crippen LogP contribution >= 0.6 is 0 Å². The fraction of sp³-hybridized carbons (Fsp3) is 0.417. The lowest BCUT2D eigenvalue weighted by Gasteiger charge is -2.19. The van der Waals surface area contributed by atoms with Gasteiger partial charge in [-0.25, -0.2) is 14.8 Å². The van der Waals surface area contributed by atoms with E-state index in [-0.39, 0.29) is 5.95 Å². The molecule has 0 spiro atoms. The van der Waals surface area contributed by atoms with E-state index in [1.807, 2.05) is 20.8 Å². The first kappa shape index (κ1) is 14.0. The van der Waals surface area contributed by atoms with Crippen molar-refractivity contribution in [1.29, 1.82) is 0 Å². The third-order valence-electron chi connectivity index (χ3n) is 1.77. The summed E-state index contributed by atoms with van der Waals surface area (Å²) in [5.74, 6) is 0.235. The van der Waals surface area contributed by atoms with Gasteiger partial charge < -0.3 is 15.8 Å². The highest BCUT2D eigenvalue weighted by Crippen LogP contribution is 2.06. The molecule has 3 N–H and O–H groups in total. The number of carbonyl (C=O) groups excluding carboxylic acids is 1. The summed E-state index contributed by atoms with van der Waals surface area (Å²) in [6, 6.07) is 0. The van der Waals surface area contributed by atoms with Crippen LogP contribution in [0.3, 0.4) is 0 Å². The van der Waals surface area contributed by atoms with E-state index in [1.54, 1.807) is 24.5 Å². The summed E-state index contributed by atoms with van der Waals surface area (Å²) >= 11 is 0. The maximum Gasteiger partial charge on any atom is 0.407 e. The average molecular weight is 250 g/mol. The molecule has 1 heterocycles. The minimum absolute atomic E-state index is 0.235. The first-order valence-corrected chi connectivity index (χ1v) is 5.58. The van der Waals surface area contributed by atoms with Gasteiger partial charge in [-0.05, 0) is 20.8 Å². The third kappa shape index (κ3) is 5.83. The lowest BCUT2D eigenvalue weighted by molar-refractivity contribution is 0.0534. The standard InChI is InChI=1S/C12H18N4O2/c1-12(2,3)18-11(17)14-6-4-5-9-7-15-10(13)16-8-9/h4-5,7-8H,6H2,1-3H3,(H,14,17)(H2,13,15,16)/b5-4+. The minimum Gasteiger partial charge on any atom is -0.444 e. The molecule has 0 aliphatic rings. The molecule has 0 atom stereocenters. The molecule has 0 aromatic carbocycles. The summed E-state index contributed by atoms with van der Waals surface area (Å²) in [6.45, 7) is 5.82. The van der Waals surface area contributed by atoms with Gasteiger partial charge in [-0.3, -0.25) is 0 Å². The van der Waals surface area contributed by atoms with Crippen molar-refractivity contribution in [3.8, 4) is 0 Å². The van der Waals surface area contributed by atoms with E-state index in [1.165, 1.54) is 0 Å². The number of carbonyl (C=O) groups is 1. The maximum atomic E-state index is 11.3. The van der Waals surface area contributed by atoms with Crippen molar-refractivity contribution in [1.82, 2.24) is 15.3 Å². The molecular weight excluding hydrogens is 232 g/mol. The van der Waals surface area contributed by atoms with Crippen LogP contribution in [0.25, 0.3) is 6.08 Å². The molecule has 98 valence electrons. The molecule has 0 bridgehead atoms. The molecule has 0 aliphatic carbocycles. The quantitative estimate of drug-likeness (QED) is 0.850. The predicted octanol–water partition coefficient (Wildman–Crippen LogP) is 1.60. The number of nitrogens with one attached hydrogen (secondary N) is 1. The Morgan fingerprint density at radius 3 is 2.61 bits per heavy atom. The molecule has 1 aromatic rings. The van der Waals surface area contributed by atoms with Crippen molar-refractivity contribution in [3.63, 3.8) is 0 Å². The Labute approximate surface area is 106 Å². The summed E-state index contributed by atoms with van der Waals surface area (Å²) in [5, 5.41) is 2.61. The van der Waals surface area contributed by atoms with Crippen LogP contribution in [-0.2, 0) is 4.74 Å². The van der Waals surface area contributed by atoms with Crippen LogP contribution in [0.4, 0.5) is 10.7 Å². The smallest absolute Gasteiger partial charge is 0.407 e. The highest BCUT2D eigenvalue weighted by Gasteiger charge is 2.14. The lowest BCUT2D eigenvalue weighted by atomic mass is 10.2. The lowest BCUT2D eigenvalue weighted by Crippen LogP contribution is -2.32. The second kappa shape index (κ2) is 6.00. The van der Waals surface area contributed by atoms with Gasteiger partial charge in [0, 0.05) is 24.5 Å². The Hall–Kier alpha value is -2.11. The molecule has 0 saturated heterocycles. The van der Waals surface area contributed by atoms with E-state index in [0.717, 1.165) is 5.56 Å². The number of hydrogen-bond acceptors (Lipinski definition) is 5. The number of aromatic nitrogens is 2. The summed E-state index contributed by atoms with van der Waals surface area (Å²) in [6.07, 6.45) is 6.33. The predicted molar refractivity (Wildman–Crippen MR) is 69.7 cm³/mol. The molecule has 0 aliphatic heterocycles. The summed E-state index contributed by atoms with van der Waals surface area (Å²) in [5.41, 5.74) is 5.69. The fourth-order valence-corrected chi connectivity index (χ4v) is 1.09. The SMILES string of the molecule is CC(C)(C)OC(=O)NC/C=C/c1cnc(N)nc1. The topological polar surface area (TPSA) is 90.1 Å². The summed E-state index contributed by atoms with van der Waals surface area (Å²) in [4.78, 5) is 19.0. The van der Waals surface area contributed by atoms with Gasteiger partial charge in [-0.2, -0.15) is 0 Å². The average Bonchev–Trinajstić information content (AvgIpc) is 2.24. The van der Waals surface area contributed by atoms with Gasteiger partial charge in [0.05, 0.1) is 0 Å². The number of nitrogen functional groups attached to an aromatic ring is 1. The molecule has 0 saturated carbocycles. The zero-order valence-electron chi connectivity index (χ0n) is 10.8. The summed E-state index contributed by atoms with van der Waals surface area (Å²) in [7, 11) is 0. The number of anilines is 1. The first-order valence-electron chi connectivity index (χ1n) is 5.58. The molecule has 0 unspecified atom stereocenters. The van der Waals surface area contributed by atoms with Crippen molar-refractivity contribution in [2.24, 2.45) is 0 Å². The van der Waals surface area contributed by atoms with Gasteiger partial charge in [0.15, 0.2) is 0 Å². The van der Waals surface area contributed by atoms with Crippen LogP contribution in [0.5, 0.6) is 0 Å². The Kier molecular flexibility index (Phi) is 4.65. The van der Waals surface area contributed by atoms with Gasteiger partial charge in [0.25, 0.3) is 0 Å². The van der Waals surface area contributed by atoms with E-state index in [4.69, 9.17) is 10.5 Å². The molecule has 0 fully saturated rings. The number of alkyl carbamates (subject to hydrolysis) is 1. The zero-order chi connectivity index (χ0) is 13.6. The highest BCUT2D eigenvalue weighted by atomic mass is 16.6. The van der Waals surface area contributed by atoms with Gasteiger partial charge >= 0.3 is 6.09 Å². The fourth-order valence-electron chi connectivity index (χ4n) is 1.09. The molecular formula is C12H18N4O2. The van der Waals surface area contributed by atoms with Crippen molar-refractivity contribution in [2.45, 2.75) is 26.4 Å². The second-order valence-electron chi connectivity index (χ2n) is 4.66. The van der Waals surface area contributed by atoms with E-state index < -0.39 is 11.7 Å². The van der Waals surface area contributed by atoms with E-state index in [0.29, 0.717) is 6.54 Å². The van der Waals surface area contributed by atoms with E-state index >= 15 is 0 Å². The van der Waals surface area contributed by atoms with Crippen molar-refractivity contribution >= 4 is 18.1 Å². The van der Waals surface area contributed by atoms with Crippen LogP contribution in [0, 0.1) is 0 Å². The molecule has 6 heteroatoms. The van der Waals surface area contributed by atoms with E-state index in [9.17, 15) is 4.79 Å². The second-order valence-corrected chi connectivity index (χ2v) is 4.66. The number of rotatable bonds is 3. The van der Waals surface area contributed by atoms with Crippen LogP contribution in [-0.4, -0.2) is 28.2 Å². The van der Waals surface area contributed by atoms with E-state index in [2.05, 4.69) is 15.3 Å². The number of amides is 1. The number of ether oxygens (including phenoxy) is 1. The molecule has 6 nitrogen and oxygen atoms in total. The molecule has 1 rings (SSSR count). The largest absolute Gasteiger partial charge is 0.444 e.